The molecule has 0 radical (unpaired) electrons. The van der Waals surface area contributed by atoms with Gasteiger partial charge in [0.1, 0.15) is 5.82 Å². The highest BCUT2D eigenvalue weighted by atomic mass is 19.1. The van der Waals surface area contributed by atoms with Gasteiger partial charge in [0.15, 0.2) is 0 Å². The molecule has 0 bridgehead atoms. The first-order valence-electron chi connectivity index (χ1n) is 8.32. The van der Waals surface area contributed by atoms with E-state index in [1.165, 1.54) is 18.2 Å². The maximum absolute atomic E-state index is 13.6. The molecule has 3 rings (SSSR count). The summed E-state index contributed by atoms with van der Waals surface area (Å²) in [6.45, 7) is 3.82. The van der Waals surface area contributed by atoms with Gasteiger partial charge in [-0.2, -0.15) is 0 Å². The molecule has 1 aliphatic rings. The quantitative estimate of drug-likeness (QED) is 0.830. The summed E-state index contributed by atoms with van der Waals surface area (Å²) in [5.74, 6) is -1.02. The van der Waals surface area contributed by atoms with Crippen molar-refractivity contribution in [3.05, 3.63) is 72.1 Å². The molecule has 0 aromatic heterocycles. The number of amides is 2. The zero-order valence-electron chi connectivity index (χ0n) is 14.1. The highest BCUT2D eigenvalue weighted by Gasteiger charge is 2.26. The van der Waals surface area contributed by atoms with Crippen LogP contribution in [0.5, 0.6) is 0 Å². The molecular weight excluding hydrogens is 335 g/mol. The molecule has 0 aliphatic carbocycles. The largest absolute Gasteiger partial charge is 0.388 e. The van der Waals surface area contributed by atoms with E-state index in [0.717, 1.165) is 6.08 Å². The van der Waals surface area contributed by atoms with Gasteiger partial charge in [-0.05, 0) is 61.4 Å². The molecule has 1 heterocycles. The smallest absolute Gasteiger partial charge is 0.258 e. The SMILES string of the molecule is C=CC(=O)Nc1ccc(C(=O)N2CCCC(O)c3cc(F)ccc32)cc1. The van der Waals surface area contributed by atoms with Crippen LogP contribution in [0.4, 0.5) is 15.8 Å². The highest BCUT2D eigenvalue weighted by molar-refractivity contribution is 6.07. The van der Waals surface area contributed by atoms with Crippen LogP contribution in [-0.4, -0.2) is 23.5 Å². The van der Waals surface area contributed by atoms with Crippen molar-refractivity contribution in [2.24, 2.45) is 0 Å². The molecule has 2 aromatic carbocycles. The van der Waals surface area contributed by atoms with Gasteiger partial charge in [-0.15, -0.1) is 0 Å². The molecule has 134 valence electrons. The molecule has 0 spiro atoms. The lowest BCUT2D eigenvalue weighted by Crippen LogP contribution is -2.31. The number of rotatable bonds is 3. The average Bonchev–Trinajstić information content (AvgIpc) is 2.80. The van der Waals surface area contributed by atoms with E-state index in [2.05, 4.69) is 11.9 Å². The number of hydrogen-bond donors (Lipinski definition) is 2. The van der Waals surface area contributed by atoms with E-state index < -0.39 is 11.9 Å². The van der Waals surface area contributed by atoms with E-state index in [1.54, 1.807) is 29.2 Å². The third-order valence-corrected chi connectivity index (χ3v) is 4.33. The van der Waals surface area contributed by atoms with E-state index in [-0.39, 0.29) is 11.8 Å². The number of halogens is 1. The summed E-state index contributed by atoms with van der Waals surface area (Å²) < 4.78 is 13.6. The molecule has 1 unspecified atom stereocenters. The summed E-state index contributed by atoms with van der Waals surface area (Å²) >= 11 is 0. The van der Waals surface area contributed by atoms with Crippen LogP contribution < -0.4 is 10.2 Å². The van der Waals surface area contributed by atoms with Gasteiger partial charge < -0.3 is 15.3 Å². The minimum absolute atomic E-state index is 0.242. The second-order valence-electron chi connectivity index (χ2n) is 6.09. The summed E-state index contributed by atoms with van der Waals surface area (Å²) in [5.41, 5.74) is 1.93. The predicted octanol–water partition coefficient (Wildman–Crippen LogP) is 3.42. The van der Waals surface area contributed by atoms with Crippen molar-refractivity contribution < 1.29 is 19.1 Å². The van der Waals surface area contributed by atoms with Crippen molar-refractivity contribution in [1.82, 2.24) is 0 Å². The molecule has 26 heavy (non-hydrogen) atoms. The Labute approximate surface area is 150 Å². The number of aliphatic hydroxyl groups is 1. The Morgan fingerprint density at radius 3 is 2.65 bits per heavy atom. The van der Waals surface area contributed by atoms with Gasteiger partial charge in [-0.3, -0.25) is 9.59 Å². The highest BCUT2D eigenvalue weighted by Crippen LogP contribution is 2.34. The van der Waals surface area contributed by atoms with Gasteiger partial charge in [0.25, 0.3) is 5.91 Å². The Kier molecular flexibility index (Phi) is 5.14. The second-order valence-corrected chi connectivity index (χ2v) is 6.09. The number of nitrogens with zero attached hydrogens (tertiary/aromatic N) is 1. The van der Waals surface area contributed by atoms with Crippen LogP contribution in [0.15, 0.2) is 55.1 Å². The number of nitrogens with one attached hydrogen (secondary N) is 1. The number of hydrogen-bond acceptors (Lipinski definition) is 3. The number of carbonyl (C=O) groups excluding carboxylic acids is 2. The second kappa shape index (κ2) is 7.49. The van der Waals surface area contributed by atoms with Crippen LogP contribution in [0.3, 0.4) is 0 Å². The molecule has 1 aliphatic heterocycles. The standard InChI is InChI=1S/C20H19FN2O3/c1-2-19(25)22-15-8-5-13(6-9-15)20(26)23-11-3-4-18(24)16-12-14(21)7-10-17(16)23/h2,5-10,12,18,24H,1,3-4,11H2,(H,22,25). The maximum atomic E-state index is 13.6. The van der Waals surface area contributed by atoms with Crippen molar-refractivity contribution in [1.29, 1.82) is 0 Å². The van der Waals surface area contributed by atoms with Gasteiger partial charge in [0.2, 0.25) is 5.91 Å². The van der Waals surface area contributed by atoms with E-state index in [1.807, 2.05) is 0 Å². The third-order valence-electron chi connectivity index (χ3n) is 4.33. The number of anilines is 2. The zero-order chi connectivity index (χ0) is 18.7. The van der Waals surface area contributed by atoms with E-state index in [9.17, 15) is 19.1 Å². The summed E-state index contributed by atoms with van der Waals surface area (Å²) in [6.07, 6.45) is 1.44. The summed E-state index contributed by atoms with van der Waals surface area (Å²) in [6, 6.07) is 10.6. The minimum atomic E-state index is -0.796. The van der Waals surface area contributed by atoms with Crippen LogP contribution in [0.1, 0.15) is 34.9 Å². The fraction of sp³-hybridized carbons (Fsp3) is 0.200. The molecule has 6 heteroatoms. The van der Waals surface area contributed by atoms with E-state index in [4.69, 9.17) is 0 Å². The Morgan fingerprint density at radius 1 is 1.23 bits per heavy atom. The predicted molar refractivity (Wildman–Crippen MR) is 97.5 cm³/mol. The molecule has 1 atom stereocenters. The fourth-order valence-corrected chi connectivity index (χ4v) is 3.01. The van der Waals surface area contributed by atoms with Crippen molar-refractivity contribution >= 4 is 23.2 Å². The summed E-state index contributed by atoms with van der Waals surface area (Å²) in [4.78, 5) is 25.8. The normalized spacial score (nSPS) is 16.4. The van der Waals surface area contributed by atoms with Gasteiger partial charge in [0.05, 0.1) is 6.10 Å². The first-order chi connectivity index (χ1) is 12.5. The van der Waals surface area contributed by atoms with Crippen LogP contribution in [0.2, 0.25) is 0 Å². The first kappa shape index (κ1) is 17.8. The van der Waals surface area contributed by atoms with E-state index >= 15 is 0 Å². The van der Waals surface area contributed by atoms with Gasteiger partial charge in [-0.25, -0.2) is 4.39 Å². The number of benzene rings is 2. The Morgan fingerprint density at radius 2 is 1.96 bits per heavy atom. The molecule has 0 saturated heterocycles. The average molecular weight is 354 g/mol. The Bertz CT molecular complexity index is 849. The lowest BCUT2D eigenvalue weighted by atomic mass is 10.0. The van der Waals surface area contributed by atoms with E-state index in [0.29, 0.717) is 41.9 Å². The lowest BCUT2D eigenvalue weighted by molar-refractivity contribution is -0.111. The fourth-order valence-electron chi connectivity index (χ4n) is 3.01. The monoisotopic (exact) mass is 354 g/mol. The Hall–Kier alpha value is -2.99. The first-order valence-corrected chi connectivity index (χ1v) is 8.32. The molecule has 0 fully saturated rings. The number of aliphatic hydroxyl groups excluding tert-OH is 1. The topological polar surface area (TPSA) is 69.6 Å². The van der Waals surface area contributed by atoms with Crippen molar-refractivity contribution in [3.8, 4) is 0 Å². The molecule has 5 nitrogen and oxygen atoms in total. The molecular formula is C20H19FN2O3. The van der Waals surface area contributed by atoms with Crippen LogP contribution >= 0.6 is 0 Å². The van der Waals surface area contributed by atoms with Crippen molar-refractivity contribution in [2.45, 2.75) is 18.9 Å². The lowest BCUT2D eigenvalue weighted by Gasteiger charge is -2.23. The molecule has 0 saturated carbocycles. The molecule has 2 N–H and O–H groups in total. The van der Waals surface area contributed by atoms with Crippen molar-refractivity contribution in [2.75, 3.05) is 16.8 Å². The van der Waals surface area contributed by atoms with Crippen LogP contribution in [-0.2, 0) is 4.79 Å². The molecule has 2 aromatic rings. The maximum Gasteiger partial charge on any atom is 0.258 e. The third kappa shape index (κ3) is 3.65. The van der Waals surface area contributed by atoms with Crippen molar-refractivity contribution in [3.63, 3.8) is 0 Å². The summed E-state index contributed by atoms with van der Waals surface area (Å²) in [7, 11) is 0. The summed E-state index contributed by atoms with van der Waals surface area (Å²) in [5, 5.41) is 12.8. The van der Waals surface area contributed by atoms with Gasteiger partial charge >= 0.3 is 0 Å². The van der Waals surface area contributed by atoms with Crippen LogP contribution in [0, 0.1) is 5.82 Å². The molecule has 2 amide bonds. The zero-order valence-corrected chi connectivity index (χ0v) is 14.1. The van der Waals surface area contributed by atoms with Gasteiger partial charge in [0, 0.05) is 29.0 Å². The number of carbonyl (C=O) groups is 2. The number of fused-ring (bicyclic) bond motifs is 1. The Balaban J connectivity index is 1.88. The van der Waals surface area contributed by atoms with Gasteiger partial charge in [-0.1, -0.05) is 6.58 Å². The van der Waals surface area contributed by atoms with Crippen LogP contribution in [0.25, 0.3) is 0 Å². The minimum Gasteiger partial charge on any atom is -0.388 e.